The van der Waals surface area contributed by atoms with E-state index >= 15 is 0 Å². The number of rotatable bonds is 49. The van der Waals surface area contributed by atoms with Crippen LogP contribution in [0.3, 0.4) is 0 Å². The van der Waals surface area contributed by atoms with Gasteiger partial charge in [0.05, 0.1) is 6.61 Å². The SMILES string of the molecule is CCCCCCCCCCCCCCCC(=O)OCC(O)CO.CCCCCCCCCCCCCCCCCC(=O)O.CCCCCCCCCCCCCCCCCC(=O)O. The highest BCUT2D eigenvalue weighted by atomic mass is 16.5. The van der Waals surface area contributed by atoms with Crippen LogP contribution < -0.4 is 0 Å². The van der Waals surface area contributed by atoms with Gasteiger partial charge in [-0.2, -0.15) is 0 Å². The van der Waals surface area contributed by atoms with E-state index in [1.165, 1.54) is 238 Å². The number of carboxylic acids is 2. The summed E-state index contributed by atoms with van der Waals surface area (Å²) in [5.74, 6) is -1.58. The fourth-order valence-corrected chi connectivity index (χ4v) is 7.90. The molecule has 1 atom stereocenters. The second kappa shape index (κ2) is 60.3. The van der Waals surface area contributed by atoms with E-state index < -0.39 is 18.0 Å². The summed E-state index contributed by atoms with van der Waals surface area (Å²) < 4.78 is 4.85. The standard InChI is InChI=1S/C19H38O4.2C18H36O2/c1-2-3-4-5-6-7-8-9-10-11-12-13-14-15-19(22)23-17-18(21)16-20;2*1-2-3-4-5-6-7-8-9-10-11-12-13-14-15-16-17-18(19)20/h18,20-21H,2-17H2,1H3;2*2-17H2,1H3,(H,19,20). The van der Waals surface area contributed by atoms with Gasteiger partial charge in [0.2, 0.25) is 0 Å². The predicted molar refractivity (Wildman–Crippen MR) is 269 cm³/mol. The third-order valence-corrected chi connectivity index (χ3v) is 12.1. The van der Waals surface area contributed by atoms with Gasteiger partial charge < -0.3 is 25.2 Å². The predicted octanol–water partition coefficient (Wildman–Crippen LogP) is 17.0. The normalized spacial score (nSPS) is 11.4. The Labute approximate surface area is 391 Å². The summed E-state index contributed by atoms with van der Waals surface area (Å²) in [5, 5.41) is 34.7. The lowest BCUT2D eigenvalue weighted by atomic mass is 10.0. The number of hydrogen-bond donors (Lipinski definition) is 4. The van der Waals surface area contributed by atoms with Gasteiger partial charge in [0, 0.05) is 19.3 Å². The van der Waals surface area contributed by atoms with Gasteiger partial charge in [0.1, 0.15) is 12.7 Å². The van der Waals surface area contributed by atoms with Crippen LogP contribution in [0.2, 0.25) is 0 Å². The molecule has 0 amide bonds. The number of aliphatic carboxylic acids is 2. The van der Waals surface area contributed by atoms with E-state index in [1.54, 1.807) is 0 Å². The topological polar surface area (TPSA) is 141 Å². The van der Waals surface area contributed by atoms with Crippen molar-refractivity contribution in [2.24, 2.45) is 0 Å². The quantitative estimate of drug-likeness (QED) is 0.0349. The van der Waals surface area contributed by atoms with Crippen LogP contribution in [0.25, 0.3) is 0 Å². The van der Waals surface area contributed by atoms with Crippen LogP contribution in [0.5, 0.6) is 0 Å². The molecule has 378 valence electrons. The smallest absolute Gasteiger partial charge is 0.305 e. The Morgan fingerprint density at radius 3 is 0.714 bits per heavy atom. The molecule has 8 nitrogen and oxygen atoms in total. The molecule has 0 bridgehead atoms. The molecule has 0 aliphatic heterocycles. The molecule has 0 aromatic rings. The second-order valence-electron chi connectivity index (χ2n) is 18.7. The number of unbranched alkanes of at least 4 members (excludes halogenated alkanes) is 40. The number of aliphatic hydroxyl groups is 2. The first-order chi connectivity index (χ1) is 30.7. The van der Waals surface area contributed by atoms with E-state index in [0.717, 1.165) is 38.5 Å². The average molecular weight is 899 g/mol. The lowest BCUT2D eigenvalue weighted by Gasteiger charge is -2.08. The van der Waals surface area contributed by atoms with E-state index in [2.05, 4.69) is 20.8 Å². The summed E-state index contributed by atoms with van der Waals surface area (Å²) in [4.78, 5) is 32.0. The fraction of sp³-hybridized carbons (Fsp3) is 0.945. The van der Waals surface area contributed by atoms with Crippen LogP contribution >= 0.6 is 0 Å². The maximum Gasteiger partial charge on any atom is 0.305 e. The molecule has 1 unspecified atom stereocenters. The van der Waals surface area contributed by atoms with Crippen molar-refractivity contribution in [3.8, 4) is 0 Å². The molecule has 4 N–H and O–H groups in total. The van der Waals surface area contributed by atoms with Crippen molar-refractivity contribution in [3.63, 3.8) is 0 Å². The van der Waals surface area contributed by atoms with E-state index in [-0.39, 0.29) is 19.2 Å². The Morgan fingerprint density at radius 1 is 0.333 bits per heavy atom. The van der Waals surface area contributed by atoms with Crippen molar-refractivity contribution in [3.05, 3.63) is 0 Å². The maximum absolute atomic E-state index is 11.3. The molecule has 0 spiro atoms. The zero-order valence-corrected chi connectivity index (χ0v) is 42.4. The van der Waals surface area contributed by atoms with Gasteiger partial charge in [0.25, 0.3) is 0 Å². The second-order valence-corrected chi connectivity index (χ2v) is 18.7. The number of aliphatic hydroxyl groups excluding tert-OH is 2. The van der Waals surface area contributed by atoms with Crippen LogP contribution in [-0.4, -0.2) is 57.7 Å². The molecule has 8 heteroatoms. The molecule has 0 fully saturated rings. The van der Waals surface area contributed by atoms with Crippen molar-refractivity contribution < 1.29 is 39.5 Å². The zero-order valence-electron chi connectivity index (χ0n) is 42.4. The minimum absolute atomic E-state index is 0.103. The van der Waals surface area contributed by atoms with Crippen molar-refractivity contribution in [1.82, 2.24) is 0 Å². The van der Waals surface area contributed by atoms with Crippen molar-refractivity contribution in [2.75, 3.05) is 13.2 Å². The van der Waals surface area contributed by atoms with Gasteiger partial charge in [0.15, 0.2) is 0 Å². The van der Waals surface area contributed by atoms with Gasteiger partial charge >= 0.3 is 17.9 Å². The molecule has 0 radical (unpaired) electrons. The molecule has 0 rings (SSSR count). The largest absolute Gasteiger partial charge is 0.481 e. The molecule has 0 heterocycles. The Kier molecular flexibility index (Phi) is 62.8. The number of hydrogen-bond acceptors (Lipinski definition) is 6. The van der Waals surface area contributed by atoms with Crippen molar-refractivity contribution >= 4 is 17.9 Å². The molecule has 0 aromatic carbocycles. The lowest BCUT2D eigenvalue weighted by Crippen LogP contribution is -2.21. The molecule has 63 heavy (non-hydrogen) atoms. The maximum atomic E-state index is 11.3. The first-order valence-electron chi connectivity index (χ1n) is 27.6. The Bertz CT molecular complexity index is 837. The molecule has 0 aliphatic carbocycles. The van der Waals surface area contributed by atoms with Gasteiger partial charge in [-0.3, -0.25) is 14.4 Å². The number of ether oxygens (including phenoxy) is 1. The van der Waals surface area contributed by atoms with Gasteiger partial charge in [-0.25, -0.2) is 0 Å². The van der Waals surface area contributed by atoms with Crippen LogP contribution in [0.4, 0.5) is 0 Å². The van der Waals surface area contributed by atoms with E-state index in [0.29, 0.717) is 19.3 Å². The summed E-state index contributed by atoms with van der Waals surface area (Å²) in [6.45, 7) is 6.32. The Hall–Kier alpha value is -1.67. The number of esters is 1. The zero-order chi connectivity index (χ0) is 47.0. The van der Waals surface area contributed by atoms with Crippen LogP contribution in [-0.2, 0) is 19.1 Å². The molecule has 0 saturated heterocycles. The highest BCUT2D eigenvalue weighted by Gasteiger charge is 2.07. The van der Waals surface area contributed by atoms with Gasteiger partial charge in [-0.15, -0.1) is 0 Å². The van der Waals surface area contributed by atoms with Crippen molar-refractivity contribution in [1.29, 1.82) is 0 Å². The first-order valence-corrected chi connectivity index (χ1v) is 27.6. The molecule has 0 aliphatic rings. The number of carbonyl (C=O) groups excluding carboxylic acids is 1. The summed E-state index contributed by atoms with van der Waals surface area (Å²) in [6.07, 6.45) is 56.5. The average Bonchev–Trinajstić information content (AvgIpc) is 3.27. The highest BCUT2D eigenvalue weighted by Crippen LogP contribution is 2.16. The fourth-order valence-electron chi connectivity index (χ4n) is 7.90. The Balaban J connectivity index is -0.000000860. The molecular weight excluding hydrogens is 789 g/mol. The first kappa shape index (κ1) is 65.6. The minimum Gasteiger partial charge on any atom is -0.481 e. The van der Waals surface area contributed by atoms with Crippen LogP contribution in [0.1, 0.15) is 316 Å². The molecule has 0 aromatic heterocycles. The summed E-state index contributed by atoms with van der Waals surface area (Å²) in [5.41, 5.74) is 0. The Morgan fingerprint density at radius 2 is 0.524 bits per heavy atom. The van der Waals surface area contributed by atoms with E-state index in [1.807, 2.05) is 0 Å². The third-order valence-electron chi connectivity index (χ3n) is 12.1. The monoisotopic (exact) mass is 899 g/mol. The van der Waals surface area contributed by atoms with Crippen LogP contribution in [0.15, 0.2) is 0 Å². The number of carboxylic acid groups (broad SMARTS) is 2. The summed E-state index contributed by atoms with van der Waals surface area (Å²) in [6, 6.07) is 0. The lowest BCUT2D eigenvalue weighted by molar-refractivity contribution is -0.147. The van der Waals surface area contributed by atoms with E-state index in [9.17, 15) is 14.4 Å². The van der Waals surface area contributed by atoms with Gasteiger partial charge in [-0.05, 0) is 19.3 Å². The van der Waals surface area contributed by atoms with Crippen molar-refractivity contribution in [2.45, 2.75) is 322 Å². The summed E-state index contributed by atoms with van der Waals surface area (Å²) >= 11 is 0. The third kappa shape index (κ3) is 69.5. The number of carbonyl (C=O) groups is 3. The van der Waals surface area contributed by atoms with E-state index in [4.69, 9.17) is 25.2 Å². The summed E-state index contributed by atoms with van der Waals surface area (Å²) in [7, 11) is 0. The van der Waals surface area contributed by atoms with Gasteiger partial charge in [-0.1, -0.05) is 278 Å². The van der Waals surface area contributed by atoms with Crippen LogP contribution in [0, 0.1) is 0 Å². The molecule has 0 saturated carbocycles. The minimum atomic E-state index is -0.953. The molecular formula is C55H110O8. The highest BCUT2D eigenvalue weighted by molar-refractivity contribution is 5.69.